The first-order valence-electron chi connectivity index (χ1n) is 7.31. The van der Waals surface area contributed by atoms with Crippen molar-refractivity contribution in [1.82, 2.24) is 10.3 Å². The minimum absolute atomic E-state index is 0.0376. The maximum atomic E-state index is 12.6. The molecule has 0 aliphatic heterocycles. The molecule has 2 rings (SSSR count). The van der Waals surface area contributed by atoms with Crippen molar-refractivity contribution in [3.63, 3.8) is 0 Å². The molecule has 2 unspecified atom stereocenters. The molecule has 0 saturated carbocycles. The fourth-order valence-corrected chi connectivity index (χ4v) is 2.35. The molecule has 2 atom stereocenters. The smallest absolute Gasteiger partial charge is 0.416 e. The summed E-state index contributed by atoms with van der Waals surface area (Å²) in [5.41, 5.74) is 0.0799. The van der Waals surface area contributed by atoms with Crippen molar-refractivity contribution >= 4 is 0 Å². The van der Waals surface area contributed by atoms with Crippen LogP contribution in [0.1, 0.15) is 42.2 Å². The van der Waals surface area contributed by atoms with Crippen LogP contribution in [0.25, 0.3) is 0 Å². The predicted octanol–water partition coefficient (Wildman–Crippen LogP) is 3.51. The summed E-state index contributed by atoms with van der Waals surface area (Å²) >= 11 is 0. The van der Waals surface area contributed by atoms with Crippen molar-refractivity contribution in [3.05, 3.63) is 53.7 Å². The second-order valence-corrected chi connectivity index (χ2v) is 5.36. The predicted molar refractivity (Wildman–Crippen MR) is 78.8 cm³/mol. The lowest BCUT2D eigenvalue weighted by atomic mass is 9.94. The van der Waals surface area contributed by atoms with Crippen molar-refractivity contribution < 1.29 is 22.7 Å². The number of aliphatic hydroxyl groups is 1. The van der Waals surface area contributed by atoms with Gasteiger partial charge in [-0.05, 0) is 37.0 Å². The lowest BCUT2D eigenvalue weighted by molar-refractivity contribution is -0.137. The van der Waals surface area contributed by atoms with Crippen LogP contribution in [0.5, 0.6) is 0 Å². The second kappa shape index (κ2) is 7.61. The van der Waals surface area contributed by atoms with Crippen LogP contribution in [-0.4, -0.2) is 23.2 Å². The maximum absolute atomic E-state index is 12.6. The Labute approximate surface area is 132 Å². The Morgan fingerprint density at radius 1 is 1.26 bits per heavy atom. The first-order chi connectivity index (χ1) is 10.9. The summed E-state index contributed by atoms with van der Waals surface area (Å²) in [7, 11) is 0. The van der Waals surface area contributed by atoms with Gasteiger partial charge in [0.25, 0.3) is 0 Å². The first-order valence-corrected chi connectivity index (χ1v) is 7.31. The second-order valence-electron chi connectivity index (χ2n) is 5.36. The quantitative estimate of drug-likeness (QED) is 0.816. The Hall–Kier alpha value is -1.86. The maximum Gasteiger partial charge on any atom is 0.416 e. The Balaban J connectivity index is 2.03. The van der Waals surface area contributed by atoms with Gasteiger partial charge >= 0.3 is 6.18 Å². The number of benzene rings is 1. The van der Waals surface area contributed by atoms with Crippen LogP contribution in [0, 0.1) is 0 Å². The standard InChI is InChI=1S/C16H19F3N2O2/c1-11(15-9-20-10-23-15)21-8-13(6-7-22)12-2-4-14(5-3-12)16(17,18)19/h2-5,9-11,13,21-22H,6-8H2,1H3. The molecule has 0 radical (unpaired) electrons. The number of oxazole rings is 1. The molecule has 1 aromatic heterocycles. The molecule has 23 heavy (non-hydrogen) atoms. The van der Waals surface area contributed by atoms with E-state index in [0.717, 1.165) is 17.7 Å². The topological polar surface area (TPSA) is 58.3 Å². The van der Waals surface area contributed by atoms with Crippen LogP contribution < -0.4 is 5.32 Å². The summed E-state index contributed by atoms with van der Waals surface area (Å²) in [5.74, 6) is 0.591. The summed E-state index contributed by atoms with van der Waals surface area (Å²) in [6.45, 7) is 2.38. The fraction of sp³-hybridized carbons (Fsp3) is 0.438. The van der Waals surface area contributed by atoms with Crippen molar-refractivity contribution in [2.24, 2.45) is 0 Å². The van der Waals surface area contributed by atoms with Crippen molar-refractivity contribution in [2.45, 2.75) is 31.5 Å². The largest absolute Gasteiger partial charge is 0.447 e. The molecular weight excluding hydrogens is 309 g/mol. The van der Waals surface area contributed by atoms with Gasteiger partial charge in [0.2, 0.25) is 0 Å². The lowest BCUT2D eigenvalue weighted by Crippen LogP contribution is -2.25. The van der Waals surface area contributed by atoms with E-state index in [1.165, 1.54) is 18.5 Å². The van der Waals surface area contributed by atoms with E-state index in [0.29, 0.717) is 18.7 Å². The van der Waals surface area contributed by atoms with E-state index in [4.69, 9.17) is 4.42 Å². The number of aliphatic hydroxyl groups excluding tert-OH is 1. The number of rotatable bonds is 7. The SMILES string of the molecule is CC(NCC(CCO)c1ccc(C(F)(F)F)cc1)c1cnco1. The number of nitrogens with zero attached hydrogens (tertiary/aromatic N) is 1. The molecule has 7 heteroatoms. The highest BCUT2D eigenvalue weighted by Gasteiger charge is 2.30. The van der Waals surface area contributed by atoms with Gasteiger partial charge in [0.05, 0.1) is 17.8 Å². The van der Waals surface area contributed by atoms with Crippen LogP contribution in [0.3, 0.4) is 0 Å². The molecule has 0 bridgehead atoms. The number of hydrogen-bond acceptors (Lipinski definition) is 4. The zero-order valence-electron chi connectivity index (χ0n) is 12.7. The molecule has 1 aromatic carbocycles. The van der Waals surface area contributed by atoms with Crippen LogP contribution in [-0.2, 0) is 6.18 Å². The molecule has 4 nitrogen and oxygen atoms in total. The van der Waals surface area contributed by atoms with Crippen molar-refractivity contribution in [3.8, 4) is 0 Å². The lowest BCUT2D eigenvalue weighted by Gasteiger charge is -2.20. The molecule has 2 N–H and O–H groups in total. The Morgan fingerprint density at radius 2 is 1.96 bits per heavy atom. The molecule has 0 fully saturated rings. The van der Waals surface area contributed by atoms with Gasteiger partial charge < -0.3 is 14.8 Å². The first kappa shape index (κ1) is 17.5. The Bertz CT molecular complexity index is 582. The highest BCUT2D eigenvalue weighted by Crippen LogP contribution is 2.30. The van der Waals surface area contributed by atoms with Crippen LogP contribution in [0.4, 0.5) is 13.2 Å². The number of aromatic nitrogens is 1. The molecule has 0 aliphatic rings. The van der Waals surface area contributed by atoms with Gasteiger partial charge in [-0.25, -0.2) is 4.98 Å². The summed E-state index contributed by atoms with van der Waals surface area (Å²) in [5, 5.41) is 12.4. The molecular formula is C16H19F3N2O2. The van der Waals surface area contributed by atoms with E-state index >= 15 is 0 Å². The molecule has 0 saturated heterocycles. The minimum Gasteiger partial charge on any atom is -0.447 e. The number of hydrogen-bond donors (Lipinski definition) is 2. The van der Waals surface area contributed by atoms with Crippen LogP contribution in [0.2, 0.25) is 0 Å². The van der Waals surface area contributed by atoms with Crippen LogP contribution >= 0.6 is 0 Å². The van der Waals surface area contributed by atoms with E-state index < -0.39 is 11.7 Å². The monoisotopic (exact) mass is 328 g/mol. The Kier molecular flexibility index (Phi) is 5.79. The third kappa shape index (κ3) is 4.80. The molecule has 0 amide bonds. The molecule has 2 aromatic rings. The van der Waals surface area contributed by atoms with Gasteiger partial charge in [-0.1, -0.05) is 12.1 Å². The summed E-state index contributed by atoms with van der Waals surface area (Å²) < 4.78 is 43.0. The molecule has 126 valence electrons. The van der Waals surface area contributed by atoms with Gasteiger partial charge in [0, 0.05) is 13.2 Å². The summed E-state index contributed by atoms with van der Waals surface area (Å²) in [4.78, 5) is 3.84. The Morgan fingerprint density at radius 3 is 2.48 bits per heavy atom. The summed E-state index contributed by atoms with van der Waals surface area (Å²) in [6, 6.07) is 4.99. The van der Waals surface area contributed by atoms with E-state index in [1.807, 2.05) is 6.92 Å². The van der Waals surface area contributed by atoms with Gasteiger partial charge in [-0.15, -0.1) is 0 Å². The van der Waals surface area contributed by atoms with E-state index in [2.05, 4.69) is 10.3 Å². The average molecular weight is 328 g/mol. The number of nitrogens with one attached hydrogen (secondary N) is 1. The zero-order valence-corrected chi connectivity index (χ0v) is 12.7. The van der Waals surface area contributed by atoms with E-state index in [1.54, 1.807) is 6.20 Å². The highest BCUT2D eigenvalue weighted by atomic mass is 19.4. The highest BCUT2D eigenvalue weighted by molar-refractivity contribution is 5.27. The van der Waals surface area contributed by atoms with E-state index in [9.17, 15) is 18.3 Å². The van der Waals surface area contributed by atoms with Gasteiger partial charge in [-0.3, -0.25) is 0 Å². The van der Waals surface area contributed by atoms with Crippen molar-refractivity contribution in [1.29, 1.82) is 0 Å². The van der Waals surface area contributed by atoms with Crippen LogP contribution in [0.15, 0.2) is 41.3 Å². The van der Waals surface area contributed by atoms with Gasteiger partial charge in [0.1, 0.15) is 5.76 Å². The molecule has 0 aliphatic carbocycles. The molecule has 0 spiro atoms. The molecule has 1 heterocycles. The van der Waals surface area contributed by atoms with Gasteiger partial charge in [0.15, 0.2) is 6.39 Å². The number of alkyl halides is 3. The minimum atomic E-state index is -4.34. The fourth-order valence-electron chi connectivity index (χ4n) is 2.35. The summed E-state index contributed by atoms with van der Waals surface area (Å²) in [6.07, 6.45) is -0.934. The average Bonchev–Trinajstić information content (AvgIpc) is 3.05. The normalized spacial score (nSPS) is 14.7. The zero-order chi connectivity index (χ0) is 16.9. The van der Waals surface area contributed by atoms with E-state index in [-0.39, 0.29) is 18.6 Å². The third-order valence-corrected chi connectivity index (χ3v) is 3.74. The van der Waals surface area contributed by atoms with Gasteiger partial charge in [-0.2, -0.15) is 13.2 Å². The number of halogens is 3. The third-order valence-electron chi connectivity index (χ3n) is 3.74. The van der Waals surface area contributed by atoms with Crippen molar-refractivity contribution in [2.75, 3.05) is 13.2 Å².